The predicted octanol–water partition coefficient (Wildman–Crippen LogP) is 3.13. The van der Waals surface area contributed by atoms with Crippen molar-refractivity contribution in [1.29, 1.82) is 0 Å². The molecular formula is C16H24N2O2. The first-order valence-corrected chi connectivity index (χ1v) is 7.40. The van der Waals surface area contributed by atoms with E-state index in [4.69, 9.17) is 4.74 Å². The molecule has 2 heterocycles. The average Bonchev–Trinajstić information content (AvgIpc) is 2.47. The number of piperidine rings is 1. The number of rotatable bonds is 4. The first kappa shape index (κ1) is 14.8. The zero-order chi connectivity index (χ0) is 14.5. The van der Waals surface area contributed by atoms with Gasteiger partial charge in [-0.15, -0.1) is 0 Å². The van der Waals surface area contributed by atoms with E-state index in [1.54, 1.807) is 0 Å². The lowest BCUT2D eigenvalue weighted by molar-refractivity contribution is -0.140. The Balaban J connectivity index is 2.12. The highest BCUT2D eigenvalue weighted by Crippen LogP contribution is 2.27. The number of ether oxygens (including phenoxy) is 1. The second-order valence-electron chi connectivity index (χ2n) is 5.70. The van der Waals surface area contributed by atoms with Gasteiger partial charge in [-0.25, -0.2) is 0 Å². The molecule has 0 saturated carbocycles. The molecular weight excluding hydrogens is 252 g/mol. The maximum Gasteiger partial charge on any atom is 0.306 e. The van der Waals surface area contributed by atoms with Crippen LogP contribution in [0.15, 0.2) is 18.5 Å². The normalized spacial score (nSPS) is 20.6. The highest BCUT2D eigenvalue weighted by Gasteiger charge is 2.20. The van der Waals surface area contributed by atoms with Crippen molar-refractivity contribution in [3.63, 3.8) is 0 Å². The van der Waals surface area contributed by atoms with E-state index in [9.17, 15) is 4.79 Å². The van der Waals surface area contributed by atoms with Crippen molar-refractivity contribution in [3.05, 3.63) is 24.0 Å². The van der Waals surface area contributed by atoms with Gasteiger partial charge in [-0.2, -0.15) is 0 Å². The van der Waals surface area contributed by atoms with Crippen molar-refractivity contribution in [2.24, 2.45) is 0 Å². The Hall–Kier alpha value is -1.58. The first-order valence-electron chi connectivity index (χ1n) is 7.40. The summed E-state index contributed by atoms with van der Waals surface area (Å²) in [7, 11) is 1.43. The number of methoxy groups -OCH3 is 1. The van der Waals surface area contributed by atoms with Gasteiger partial charge in [-0.3, -0.25) is 9.78 Å². The first-order chi connectivity index (χ1) is 9.61. The van der Waals surface area contributed by atoms with Crippen molar-refractivity contribution in [2.75, 3.05) is 18.6 Å². The average molecular weight is 276 g/mol. The fraction of sp³-hybridized carbons (Fsp3) is 0.625. The third-order valence-corrected chi connectivity index (χ3v) is 4.15. The van der Waals surface area contributed by atoms with Gasteiger partial charge in [0.2, 0.25) is 0 Å². The van der Waals surface area contributed by atoms with Crippen LogP contribution in [0.4, 0.5) is 5.69 Å². The third-order valence-electron chi connectivity index (χ3n) is 4.15. The number of anilines is 1. The van der Waals surface area contributed by atoms with Gasteiger partial charge in [0.15, 0.2) is 0 Å². The van der Waals surface area contributed by atoms with E-state index in [0.29, 0.717) is 12.5 Å². The highest BCUT2D eigenvalue weighted by atomic mass is 16.5. The number of nitrogens with zero attached hydrogens (tertiary/aromatic N) is 2. The third kappa shape index (κ3) is 3.50. The van der Waals surface area contributed by atoms with Crippen molar-refractivity contribution >= 4 is 11.7 Å². The molecule has 2 atom stereocenters. The van der Waals surface area contributed by atoms with Crippen LogP contribution >= 0.6 is 0 Å². The minimum Gasteiger partial charge on any atom is -0.469 e. The van der Waals surface area contributed by atoms with E-state index in [2.05, 4.69) is 22.9 Å². The molecule has 0 bridgehead atoms. The molecule has 1 aliphatic heterocycles. The van der Waals surface area contributed by atoms with Gasteiger partial charge in [0.05, 0.1) is 25.4 Å². The van der Waals surface area contributed by atoms with Crippen LogP contribution in [0.2, 0.25) is 0 Å². The second kappa shape index (κ2) is 6.73. The summed E-state index contributed by atoms with van der Waals surface area (Å²) < 4.78 is 4.74. The summed E-state index contributed by atoms with van der Waals surface area (Å²) in [5.74, 6) is -0.0377. The van der Waals surface area contributed by atoms with Crippen molar-refractivity contribution in [1.82, 2.24) is 4.98 Å². The van der Waals surface area contributed by atoms with E-state index < -0.39 is 0 Å². The Morgan fingerprint density at radius 2 is 2.30 bits per heavy atom. The van der Waals surface area contributed by atoms with Crippen LogP contribution in [0.3, 0.4) is 0 Å². The molecule has 1 saturated heterocycles. The zero-order valence-electron chi connectivity index (χ0n) is 12.6. The summed E-state index contributed by atoms with van der Waals surface area (Å²) in [4.78, 5) is 18.2. The van der Waals surface area contributed by atoms with Crippen molar-refractivity contribution < 1.29 is 9.53 Å². The van der Waals surface area contributed by atoms with Crippen LogP contribution in [0.5, 0.6) is 0 Å². The molecule has 20 heavy (non-hydrogen) atoms. The number of aromatic nitrogens is 1. The van der Waals surface area contributed by atoms with Crippen LogP contribution in [-0.2, 0) is 9.53 Å². The van der Waals surface area contributed by atoms with Gasteiger partial charge in [0, 0.05) is 18.8 Å². The van der Waals surface area contributed by atoms with E-state index in [0.717, 1.165) is 12.1 Å². The topological polar surface area (TPSA) is 42.4 Å². The molecule has 1 fully saturated rings. The molecule has 4 nitrogen and oxygen atoms in total. The Kier molecular flexibility index (Phi) is 4.99. The Bertz CT molecular complexity index is 462. The molecule has 0 radical (unpaired) electrons. The van der Waals surface area contributed by atoms with Gasteiger partial charge in [-0.1, -0.05) is 6.92 Å². The van der Waals surface area contributed by atoms with E-state index in [-0.39, 0.29) is 11.9 Å². The summed E-state index contributed by atoms with van der Waals surface area (Å²) in [6.45, 7) is 5.40. The monoisotopic (exact) mass is 276 g/mol. The fourth-order valence-electron chi connectivity index (χ4n) is 2.80. The molecule has 1 aliphatic rings. The van der Waals surface area contributed by atoms with Gasteiger partial charge in [-0.05, 0) is 43.7 Å². The summed E-state index contributed by atoms with van der Waals surface area (Å²) in [6.07, 6.45) is 7.97. The van der Waals surface area contributed by atoms with Gasteiger partial charge >= 0.3 is 5.97 Å². The SMILES string of the molecule is COC(=O)C[C@H](C)c1cncc(N2CCCC[C@@H]2C)c1. The molecule has 0 N–H and O–H groups in total. The number of carbonyl (C=O) groups is 1. The fourth-order valence-corrected chi connectivity index (χ4v) is 2.80. The highest BCUT2D eigenvalue weighted by molar-refractivity contribution is 5.70. The summed E-state index contributed by atoms with van der Waals surface area (Å²) in [5, 5.41) is 0. The Labute approximate surface area is 121 Å². The molecule has 0 spiro atoms. The number of hydrogen-bond acceptors (Lipinski definition) is 4. The lowest BCUT2D eigenvalue weighted by Gasteiger charge is -2.35. The predicted molar refractivity (Wildman–Crippen MR) is 79.9 cm³/mol. The van der Waals surface area contributed by atoms with Crippen molar-refractivity contribution in [3.8, 4) is 0 Å². The molecule has 0 unspecified atom stereocenters. The van der Waals surface area contributed by atoms with Crippen molar-refractivity contribution in [2.45, 2.75) is 51.5 Å². The second-order valence-corrected chi connectivity index (χ2v) is 5.70. The van der Waals surface area contributed by atoms with Crippen LogP contribution in [0.25, 0.3) is 0 Å². The van der Waals surface area contributed by atoms with E-state index in [1.165, 1.54) is 32.1 Å². The maximum absolute atomic E-state index is 11.4. The smallest absolute Gasteiger partial charge is 0.306 e. The number of esters is 1. The standard InChI is InChI=1S/C16H24N2O2/c1-12(8-16(19)20-3)14-9-15(11-17-10-14)18-7-5-4-6-13(18)2/h9-13H,4-8H2,1-3H3/t12-,13-/m0/s1. The Morgan fingerprint density at radius 3 is 3.00 bits per heavy atom. The molecule has 110 valence electrons. The molecule has 4 heteroatoms. The quantitative estimate of drug-likeness (QED) is 0.792. The largest absolute Gasteiger partial charge is 0.469 e. The minimum atomic E-state index is -0.172. The molecule has 1 aromatic rings. The molecule has 0 amide bonds. The van der Waals surface area contributed by atoms with Crippen LogP contribution in [-0.4, -0.2) is 30.6 Å². The Morgan fingerprint density at radius 1 is 1.50 bits per heavy atom. The number of hydrogen-bond donors (Lipinski definition) is 0. The summed E-state index contributed by atoms with van der Waals surface area (Å²) in [6, 6.07) is 2.74. The van der Waals surface area contributed by atoms with E-state index in [1.807, 2.05) is 19.3 Å². The van der Waals surface area contributed by atoms with Crippen LogP contribution < -0.4 is 4.90 Å². The van der Waals surface area contributed by atoms with Crippen LogP contribution in [0.1, 0.15) is 51.0 Å². The minimum absolute atomic E-state index is 0.134. The molecule has 2 rings (SSSR count). The number of carbonyl (C=O) groups excluding carboxylic acids is 1. The summed E-state index contributed by atoms with van der Waals surface area (Å²) in [5.41, 5.74) is 2.28. The lowest BCUT2D eigenvalue weighted by atomic mass is 9.98. The molecule has 1 aromatic heterocycles. The molecule has 0 aliphatic carbocycles. The maximum atomic E-state index is 11.4. The lowest BCUT2D eigenvalue weighted by Crippen LogP contribution is -2.37. The van der Waals surface area contributed by atoms with Gasteiger partial charge < -0.3 is 9.64 Å². The van der Waals surface area contributed by atoms with Gasteiger partial charge in [0.25, 0.3) is 0 Å². The number of pyridine rings is 1. The van der Waals surface area contributed by atoms with E-state index >= 15 is 0 Å². The summed E-state index contributed by atoms with van der Waals surface area (Å²) >= 11 is 0. The molecule has 0 aromatic carbocycles. The van der Waals surface area contributed by atoms with Crippen LogP contribution in [0, 0.1) is 0 Å². The van der Waals surface area contributed by atoms with Gasteiger partial charge in [0.1, 0.15) is 0 Å². The zero-order valence-corrected chi connectivity index (χ0v) is 12.6.